The van der Waals surface area contributed by atoms with E-state index in [-0.39, 0.29) is 11.9 Å². The van der Waals surface area contributed by atoms with Crippen molar-refractivity contribution in [3.8, 4) is 12.3 Å². The zero-order valence-corrected chi connectivity index (χ0v) is 8.92. The Hall–Kier alpha value is -1.01. The number of likely N-dealkylation sites (N-methyl/N-ethyl adjacent to an activating group) is 1. The fraction of sp³-hybridized carbons (Fsp3) is 0.727. The number of hydrogen-bond donors (Lipinski definition) is 1. The molecule has 78 valence electrons. The number of nitrogens with zero attached hydrogens (tertiary/aromatic N) is 1. The Kier molecular flexibility index (Phi) is 3.97. The first-order chi connectivity index (χ1) is 6.67. The molecule has 0 aromatic heterocycles. The Morgan fingerprint density at radius 3 is 3.00 bits per heavy atom. The SMILES string of the molecule is C#CC(CC)NC1CCC(=O)N(C)C1. The normalized spacial score (nSPS) is 24.5. The number of carbonyl (C=O) groups excluding carboxylic acids is 1. The van der Waals surface area contributed by atoms with E-state index in [0.29, 0.717) is 12.5 Å². The van der Waals surface area contributed by atoms with Crippen LogP contribution in [0, 0.1) is 12.3 Å². The van der Waals surface area contributed by atoms with E-state index in [1.54, 1.807) is 4.90 Å². The van der Waals surface area contributed by atoms with Crippen molar-refractivity contribution in [1.82, 2.24) is 10.2 Å². The number of amides is 1. The third-order valence-electron chi connectivity index (χ3n) is 2.67. The molecule has 0 spiro atoms. The van der Waals surface area contributed by atoms with E-state index < -0.39 is 0 Å². The first-order valence-corrected chi connectivity index (χ1v) is 5.13. The highest BCUT2D eigenvalue weighted by Crippen LogP contribution is 2.10. The average Bonchev–Trinajstić information content (AvgIpc) is 2.19. The van der Waals surface area contributed by atoms with Crippen molar-refractivity contribution < 1.29 is 4.79 Å². The van der Waals surface area contributed by atoms with Crippen LogP contribution in [0.4, 0.5) is 0 Å². The fourth-order valence-corrected chi connectivity index (χ4v) is 1.72. The summed E-state index contributed by atoms with van der Waals surface area (Å²) in [6, 6.07) is 0.500. The Morgan fingerprint density at radius 1 is 1.79 bits per heavy atom. The molecule has 1 heterocycles. The third-order valence-corrected chi connectivity index (χ3v) is 2.67. The molecule has 1 saturated heterocycles. The van der Waals surface area contributed by atoms with Crippen LogP contribution in [0.2, 0.25) is 0 Å². The van der Waals surface area contributed by atoms with Gasteiger partial charge < -0.3 is 4.90 Å². The molecule has 3 nitrogen and oxygen atoms in total. The van der Waals surface area contributed by atoms with Crippen LogP contribution in [0.3, 0.4) is 0 Å². The number of piperidine rings is 1. The van der Waals surface area contributed by atoms with Gasteiger partial charge in [0.1, 0.15) is 0 Å². The molecule has 0 aromatic carbocycles. The molecular formula is C11H18N2O. The fourth-order valence-electron chi connectivity index (χ4n) is 1.72. The summed E-state index contributed by atoms with van der Waals surface area (Å²) in [4.78, 5) is 13.0. The molecule has 0 bridgehead atoms. The van der Waals surface area contributed by atoms with Crippen molar-refractivity contribution >= 4 is 5.91 Å². The molecule has 0 aliphatic carbocycles. The summed E-state index contributed by atoms with van der Waals surface area (Å²) < 4.78 is 0. The molecular weight excluding hydrogens is 176 g/mol. The van der Waals surface area contributed by atoms with E-state index in [1.165, 1.54) is 0 Å². The van der Waals surface area contributed by atoms with Gasteiger partial charge in [-0.05, 0) is 12.8 Å². The molecule has 1 amide bonds. The van der Waals surface area contributed by atoms with Crippen LogP contribution in [0.5, 0.6) is 0 Å². The average molecular weight is 194 g/mol. The van der Waals surface area contributed by atoms with Crippen LogP contribution in [0.25, 0.3) is 0 Å². The molecule has 1 fully saturated rings. The third kappa shape index (κ3) is 2.74. The predicted molar refractivity (Wildman–Crippen MR) is 56.7 cm³/mol. The van der Waals surface area contributed by atoms with Crippen LogP contribution in [-0.4, -0.2) is 36.5 Å². The van der Waals surface area contributed by atoms with Gasteiger partial charge in [0, 0.05) is 26.1 Å². The lowest BCUT2D eigenvalue weighted by Gasteiger charge is -2.31. The Labute approximate surface area is 85.9 Å². The minimum Gasteiger partial charge on any atom is -0.344 e. The lowest BCUT2D eigenvalue weighted by atomic mass is 10.0. The van der Waals surface area contributed by atoms with Crippen LogP contribution in [0.15, 0.2) is 0 Å². The van der Waals surface area contributed by atoms with Crippen molar-refractivity contribution in [2.75, 3.05) is 13.6 Å². The largest absolute Gasteiger partial charge is 0.344 e. The van der Waals surface area contributed by atoms with Crippen LogP contribution in [0.1, 0.15) is 26.2 Å². The first-order valence-electron chi connectivity index (χ1n) is 5.13. The molecule has 1 aliphatic rings. The van der Waals surface area contributed by atoms with E-state index in [1.807, 2.05) is 7.05 Å². The molecule has 2 atom stereocenters. The maximum absolute atomic E-state index is 11.2. The van der Waals surface area contributed by atoms with Gasteiger partial charge in [-0.15, -0.1) is 6.42 Å². The van der Waals surface area contributed by atoms with E-state index in [0.717, 1.165) is 19.4 Å². The lowest BCUT2D eigenvalue weighted by Crippen LogP contribution is -2.49. The van der Waals surface area contributed by atoms with E-state index in [9.17, 15) is 4.79 Å². The molecule has 3 heteroatoms. The molecule has 14 heavy (non-hydrogen) atoms. The molecule has 2 unspecified atom stereocenters. The number of rotatable bonds is 3. The minimum absolute atomic E-state index is 0.140. The highest BCUT2D eigenvalue weighted by Gasteiger charge is 2.23. The number of nitrogens with one attached hydrogen (secondary N) is 1. The van der Waals surface area contributed by atoms with Gasteiger partial charge in [0.15, 0.2) is 0 Å². The van der Waals surface area contributed by atoms with Crippen molar-refractivity contribution in [2.24, 2.45) is 0 Å². The summed E-state index contributed by atoms with van der Waals surface area (Å²) in [7, 11) is 1.84. The summed E-state index contributed by atoms with van der Waals surface area (Å²) in [5, 5.41) is 3.38. The van der Waals surface area contributed by atoms with Crippen molar-refractivity contribution in [3.63, 3.8) is 0 Å². The standard InChI is InChI=1S/C11H18N2O/c1-4-9(5-2)12-10-6-7-11(14)13(3)8-10/h1,9-10,12H,5-8H2,2-3H3. The van der Waals surface area contributed by atoms with Gasteiger partial charge in [0.05, 0.1) is 6.04 Å². The first kappa shape index (κ1) is 11.1. The highest BCUT2D eigenvalue weighted by molar-refractivity contribution is 5.76. The maximum Gasteiger partial charge on any atom is 0.222 e. The van der Waals surface area contributed by atoms with Gasteiger partial charge in [-0.25, -0.2) is 0 Å². The maximum atomic E-state index is 11.2. The number of likely N-dealkylation sites (tertiary alicyclic amines) is 1. The Balaban J connectivity index is 2.40. The molecule has 0 radical (unpaired) electrons. The second kappa shape index (κ2) is 5.02. The highest BCUT2D eigenvalue weighted by atomic mass is 16.2. The summed E-state index contributed by atoms with van der Waals surface area (Å²) in [5.41, 5.74) is 0. The zero-order valence-electron chi connectivity index (χ0n) is 8.92. The second-order valence-corrected chi connectivity index (χ2v) is 3.80. The van der Waals surface area contributed by atoms with Crippen LogP contribution >= 0.6 is 0 Å². The zero-order chi connectivity index (χ0) is 10.6. The monoisotopic (exact) mass is 194 g/mol. The van der Waals surface area contributed by atoms with E-state index in [4.69, 9.17) is 6.42 Å². The second-order valence-electron chi connectivity index (χ2n) is 3.80. The van der Waals surface area contributed by atoms with Gasteiger partial charge in [-0.3, -0.25) is 10.1 Å². The summed E-state index contributed by atoms with van der Waals surface area (Å²) in [5.74, 6) is 2.94. The predicted octanol–water partition coefficient (Wildman–Crippen LogP) is 0.609. The van der Waals surface area contributed by atoms with Crippen molar-refractivity contribution in [2.45, 2.75) is 38.3 Å². The molecule has 0 aromatic rings. The minimum atomic E-state index is 0.140. The number of terminal acetylenes is 1. The van der Waals surface area contributed by atoms with Gasteiger partial charge in [-0.2, -0.15) is 0 Å². The summed E-state index contributed by atoms with van der Waals surface area (Å²) in [6.45, 7) is 2.84. The van der Waals surface area contributed by atoms with Gasteiger partial charge in [0.2, 0.25) is 5.91 Å². The van der Waals surface area contributed by atoms with Gasteiger partial charge in [-0.1, -0.05) is 12.8 Å². The molecule has 1 N–H and O–H groups in total. The molecule has 1 aliphatic heterocycles. The smallest absolute Gasteiger partial charge is 0.222 e. The van der Waals surface area contributed by atoms with Crippen molar-refractivity contribution in [3.05, 3.63) is 0 Å². The molecule has 1 rings (SSSR count). The summed E-state index contributed by atoms with van der Waals surface area (Å²) >= 11 is 0. The van der Waals surface area contributed by atoms with E-state index >= 15 is 0 Å². The van der Waals surface area contributed by atoms with Crippen molar-refractivity contribution in [1.29, 1.82) is 0 Å². The van der Waals surface area contributed by atoms with Crippen LogP contribution < -0.4 is 5.32 Å². The quantitative estimate of drug-likeness (QED) is 0.668. The van der Waals surface area contributed by atoms with E-state index in [2.05, 4.69) is 18.2 Å². The lowest BCUT2D eigenvalue weighted by molar-refractivity contribution is -0.132. The van der Waals surface area contributed by atoms with Gasteiger partial charge in [0.25, 0.3) is 0 Å². The summed E-state index contributed by atoms with van der Waals surface area (Å²) in [6.07, 6.45) is 7.84. The van der Waals surface area contributed by atoms with Gasteiger partial charge >= 0.3 is 0 Å². The topological polar surface area (TPSA) is 32.3 Å². The number of carbonyl (C=O) groups is 1. The number of hydrogen-bond acceptors (Lipinski definition) is 2. The molecule has 0 saturated carbocycles. The Bertz CT molecular complexity index is 244. The van der Waals surface area contributed by atoms with Crippen LogP contribution in [-0.2, 0) is 4.79 Å². The Morgan fingerprint density at radius 2 is 2.50 bits per heavy atom.